The van der Waals surface area contributed by atoms with Gasteiger partial charge in [0.05, 0.1) is 12.9 Å². The van der Waals surface area contributed by atoms with Crippen LogP contribution in [-0.4, -0.2) is 70.8 Å². The van der Waals surface area contributed by atoms with Crippen molar-refractivity contribution in [1.82, 2.24) is 9.62 Å². The smallest absolute Gasteiger partial charge is 0.257 e. The normalized spacial score (nSPS) is 14.9. The number of sulfonamides is 1. The first-order valence-corrected chi connectivity index (χ1v) is 11.4. The molecule has 1 N–H and O–H groups in total. The van der Waals surface area contributed by atoms with Crippen LogP contribution in [0.3, 0.4) is 0 Å². The van der Waals surface area contributed by atoms with Gasteiger partial charge in [-0.1, -0.05) is 24.3 Å². The van der Waals surface area contributed by atoms with E-state index < -0.39 is 10.0 Å². The summed E-state index contributed by atoms with van der Waals surface area (Å²) in [6.07, 6.45) is 0. The third-order valence-corrected chi connectivity index (χ3v) is 6.72. The van der Waals surface area contributed by atoms with E-state index in [1.54, 1.807) is 31.4 Å². The van der Waals surface area contributed by atoms with Crippen LogP contribution in [0.25, 0.3) is 0 Å². The van der Waals surface area contributed by atoms with Crippen molar-refractivity contribution in [2.24, 2.45) is 0 Å². The monoisotopic (exact) mass is 433 g/mol. The van der Waals surface area contributed by atoms with Crippen LogP contribution in [-0.2, 0) is 14.8 Å². The highest BCUT2D eigenvalue weighted by atomic mass is 32.2. The second-order valence-corrected chi connectivity index (χ2v) is 8.94. The highest BCUT2D eigenvalue weighted by Gasteiger charge is 2.26. The molecule has 1 heterocycles. The summed E-state index contributed by atoms with van der Waals surface area (Å²) in [5.74, 6) is 0.630. The average Bonchev–Trinajstić information content (AvgIpc) is 2.78. The summed E-state index contributed by atoms with van der Waals surface area (Å²) in [7, 11) is -1.88. The summed E-state index contributed by atoms with van der Waals surface area (Å²) in [5, 5.41) is 2.60. The number of carbonyl (C=O) groups excluding carboxylic acids is 1. The van der Waals surface area contributed by atoms with E-state index in [1.165, 1.54) is 4.31 Å². The molecule has 0 radical (unpaired) electrons. The van der Waals surface area contributed by atoms with Gasteiger partial charge in [-0.15, -0.1) is 0 Å². The van der Waals surface area contributed by atoms with Crippen molar-refractivity contribution in [3.63, 3.8) is 0 Å². The Balaban J connectivity index is 1.39. The maximum Gasteiger partial charge on any atom is 0.257 e. The summed E-state index contributed by atoms with van der Waals surface area (Å²) < 4.78 is 37.1. The quantitative estimate of drug-likeness (QED) is 0.642. The largest absolute Gasteiger partial charge is 0.497 e. The Morgan fingerprint density at radius 1 is 1.00 bits per heavy atom. The standard InChI is InChI=1S/C21H27N3O5S/c1-28-19-8-5-9-20(16-19)29-17-21(25)22-10-15-30(26,27)24-13-11-23(12-14-24)18-6-3-2-4-7-18/h2-9,16H,10-15,17H2,1H3,(H,22,25). The van der Waals surface area contributed by atoms with Gasteiger partial charge in [0, 0.05) is 44.5 Å². The molecule has 9 heteroatoms. The van der Waals surface area contributed by atoms with E-state index in [0.29, 0.717) is 37.7 Å². The number of anilines is 1. The minimum absolute atomic E-state index is 0.0432. The van der Waals surface area contributed by atoms with Crippen molar-refractivity contribution in [3.05, 3.63) is 54.6 Å². The molecular weight excluding hydrogens is 406 g/mol. The summed E-state index contributed by atoms with van der Waals surface area (Å²) in [6.45, 7) is 2.01. The third kappa shape index (κ3) is 6.11. The Bertz CT molecular complexity index is 929. The van der Waals surface area contributed by atoms with E-state index >= 15 is 0 Å². The van der Waals surface area contributed by atoms with Crippen molar-refractivity contribution in [1.29, 1.82) is 0 Å². The molecule has 1 fully saturated rings. The fourth-order valence-corrected chi connectivity index (χ4v) is 4.54. The van der Waals surface area contributed by atoms with Crippen molar-refractivity contribution in [2.45, 2.75) is 0 Å². The first-order valence-electron chi connectivity index (χ1n) is 9.79. The van der Waals surface area contributed by atoms with Gasteiger partial charge in [-0.3, -0.25) is 4.79 Å². The number of nitrogens with one attached hydrogen (secondary N) is 1. The summed E-state index contributed by atoms with van der Waals surface area (Å²) in [6, 6.07) is 16.9. The van der Waals surface area contributed by atoms with Crippen LogP contribution >= 0.6 is 0 Å². The fourth-order valence-electron chi connectivity index (χ4n) is 3.20. The van der Waals surface area contributed by atoms with E-state index in [2.05, 4.69) is 10.2 Å². The van der Waals surface area contributed by atoms with Gasteiger partial charge in [0.2, 0.25) is 10.0 Å². The zero-order chi connectivity index (χ0) is 21.4. The van der Waals surface area contributed by atoms with Gasteiger partial charge in [0.15, 0.2) is 6.61 Å². The van der Waals surface area contributed by atoms with E-state index in [1.807, 2.05) is 30.3 Å². The molecule has 0 aliphatic carbocycles. The summed E-state index contributed by atoms with van der Waals surface area (Å²) in [4.78, 5) is 14.1. The Morgan fingerprint density at radius 3 is 2.40 bits per heavy atom. The molecule has 2 aromatic carbocycles. The molecule has 1 aliphatic rings. The van der Waals surface area contributed by atoms with Gasteiger partial charge in [0.1, 0.15) is 11.5 Å². The molecule has 0 atom stereocenters. The molecule has 1 amide bonds. The number of hydrogen-bond donors (Lipinski definition) is 1. The van der Waals surface area contributed by atoms with E-state index in [9.17, 15) is 13.2 Å². The molecule has 0 spiro atoms. The lowest BCUT2D eigenvalue weighted by Gasteiger charge is -2.35. The van der Waals surface area contributed by atoms with Crippen molar-refractivity contribution in [3.8, 4) is 11.5 Å². The van der Waals surface area contributed by atoms with Crippen molar-refractivity contribution < 1.29 is 22.7 Å². The predicted octanol–water partition coefficient (Wildman–Crippen LogP) is 1.34. The van der Waals surface area contributed by atoms with Crippen LogP contribution in [0.2, 0.25) is 0 Å². The number of carbonyl (C=O) groups is 1. The minimum Gasteiger partial charge on any atom is -0.497 e. The molecule has 0 saturated carbocycles. The van der Waals surface area contributed by atoms with Gasteiger partial charge in [-0.2, -0.15) is 4.31 Å². The van der Waals surface area contributed by atoms with Crippen LogP contribution in [0, 0.1) is 0 Å². The third-order valence-electron chi connectivity index (χ3n) is 4.85. The van der Waals surface area contributed by atoms with Gasteiger partial charge >= 0.3 is 0 Å². The predicted molar refractivity (Wildman–Crippen MR) is 116 cm³/mol. The Kier molecular flexibility index (Phi) is 7.53. The molecule has 0 aromatic heterocycles. The molecule has 8 nitrogen and oxygen atoms in total. The number of para-hydroxylation sites is 1. The number of piperazine rings is 1. The lowest BCUT2D eigenvalue weighted by molar-refractivity contribution is -0.122. The average molecular weight is 434 g/mol. The Morgan fingerprint density at radius 2 is 1.70 bits per heavy atom. The molecule has 30 heavy (non-hydrogen) atoms. The van der Waals surface area contributed by atoms with E-state index in [0.717, 1.165) is 5.69 Å². The lowest BCUT2D eigenvalue weighted by Crippen LogP contribution is -2.50. The summed E-state index contributed by atoms with van der Waals surface area (Å²) in [5.41, 5.74) is 1.10. The van der Waals surface area contributed by atoms with Gasteiger partial charge < -0.3 is 19.7 Å². The fraction of sp³-hybridized carbons (Fsp3) is 0.381. The van der Waals surface area contributed by atoms with Crippen molar-refractivity contribution in [2.75, 3.05) is 57.1 Å². The molecule has 3 rings (SSSR count). The maximum absolute atomic E-state index is 12.6. The number of amides is 1. The first kappa shape index (κ1) is 21.9. The lowest BCUT2D eigenvalue weighted by atomic mass is 10.2. The highest BCUT2D eigenvalue weighted by molar-refractivity contribution is 7.89. The maximum atomic E-state index is 12.6. The number of nitrogens with zero attached hydrogens (tertiary/aromatic N) is 2. The number of hydrogen-bond acceptors (Lipinski definition) is 6. The topological polar surface area (TPSA) is 88.2 Å². The highest BCUT2D eigenvalue weighted by Crippen LogP contribution is 2.19. The van der Waals surface area contributed by atoms with Gasteiger partial charge in [-0.25, -0.2) is 8.42 Å². The molecular formula is C21H27N3O5S. The number of methoxy groups -OCH3 is 1. The molecule has 0 bridgehead atoms. The van der Waals surface area contributed by atoms with Crippen LogP contribution in [0.5, 0.6) is 11.5 Å². The number of benzene rings is 2. The van der Waals surface area contributed by atoms with Crippen LogP contribution in [0.1, 0.15) is 0 Å². The van der Waals surface area contributed by atoms with Gasteiger partial charge in [0.25, 0.3) is 5.91 Å². The molecule has 0 unspecified atom stereocenters. The van der Waals surface area contributed by atoms with Crippen LogP contribution in [0.4, 0.5) is 5.69 Å². The molecule has 2 aromatic rings. The Labute approximate surface area is 177 Å². The Hall–Kier alpha value is -2.78. The minimum atomic E-state index is -3.43. The first-order chi connectivity index (χ1) is 14.5. The molecule has 1 saturated heterocycles. The van der Waals surface area contributed by atoms with Crippen molar-refractivity contribution >= 4 is 21.6 Å². The number of rotatable bonds is 9. The molecule has 1 aliphatic heterocycles. The second kappa shape index (κ2) is 10.3. The summed E-state index contributed by atoms with van der Waals surface area (Å²) >= 11 is 0. The SMILES string of the molecule is COc1cccc(OCC(=O)NCCS(=O)(=O)N2CCN(c3ccccc3)CC2)c1. The van der Waals surface area contributed by atoms with E-state index in [4.69, 9.17) is 9.47 Å². The second-order valence-electron chi connectivity index (χ2n) is 6.86. The van der Waals surface area contributed by atoms with Gasteiger partial charge in [-0.05, 0) is 24.3 Å². The zero-order valence-electron chi connectivity index (χ0n) is 17.0. The van der Waals surface area contributed by atoms with Crippen LogP contribution in [0.15, 0.2) is 54.6 Å². The van der Waals surface area contributed by atoms with E-state index in [-0.39, 0.29) is 24.8 Å². The zero-order valence-corrected chi connectivity index (χ0v) is 17.8. The number of ether oxygens (including phenoxy) is 2. The van der Waals surface area contributed by atoms with Crippen LogP contribution < -0.4 is 19.7 Å². The molecule has 162 valence electrons.